The molecular formula is C14H22ClN3O3S. The molecule has 5 N–H and O–H groups in total. The summed E-state index contributed by atoms with van der Waals surface area (Å²) < 4.78 is 23.2. The van der Waals surface area contributed by atoms with Crippen molar-refractivity contribution >= 4 is 34.0 Å². The number of aryl methyl sites for hydroxylation is 1. The van der Waals surface area contributed by atoms with Crippen molar-refractivity contribution in [1.29, 1.82) is 0 Å². The molecule has 22 heavy (non-hydrogen) atoms. The summed E-state index contributed by atoms with van der Waals surface area (Å²) in [4.78, 5) is 12.2. The standard InChI is InChI=1S/C14H21N3O3S.ClH/c1-2-9-4-6-12(8-13(9)21(16,19)20)17-14(18)10-3-5-11(15)7-10;/h4,6,8,10-11H,2-3,5,7,15H2,1H3,(H,17,18)(H2,16,19,20);1H. The Morgan fingerprint density at radius 1 is 1.36 bits per heavy atom. The summed E-state index contributed by atoms with van der Waals surface area (Å²) in [5, 5.41) is 7.97. The van der Waals surface area contributed by atoms with Gasteiger partial charge in [-0.2, -0.15) is 0 Å². The predicted octanol–water partition coefficient (Wildman–Crippen LogP) is 1.38. The van der Waals surface area contributed by atoms with Crippen LogP contribution in [0.3, 0.4) is 0 Å². The second-order valence-electron chi connectivity index (χ2n) is 5.48. The van der Waals surface area contributed by atoms with Crippen molar-refractivity contribution in [1.82, 2.24) is 0 Å². The average Bonchev–Trinajstić information content (AvgIpc) is 2.84. The van der Waals surface area contributed by atoms with Gasteiger partial charge in [-0.25, -0.2) is 13.6 Å². The fourth-order valence-electron chi connectivity index (χ4n) is 2.69. The van der Waals surface area contributed by atoms with Crippen molar-refractivity contribution in [2.45, 2.75) is 43.5 Å². The van der Waals surface area contributed by atoms with Crippen LogP contribution in [-0.4, -0.2) is 20.4 Å². The molecule has 1 fully saturated rings. The molecule has 0 bridgehead atoms. The van der Waals surface area contributed by atoms with Gasteiger partial charge in [0.15, 0.2) is 0 Å². The van der Waals surface area contributed by atoms with Gasteiger partial charge in [0.05, 0.1) is 4.90 Å². The summed E-state index contributed by atoms with van der Waals surface area (Å²) in [6.07, 6.45) is 2.83. The molecule has 1 aliphatic rings. The fourth-order valence-corrected chi connectivity index (χ4v) is 3.56. The van der Waals surface area contributed by atoms with Crippen LogP contribution in [0.15, 0.2) is 23.1 Å². The predicted molar refractivity (Wildman–Crippen MR) is 88.4 cm³/mol. The Balaban J connectivity index is 0.00000242. The number of hydrogen-bond acceptors (Lipinski definition) is 4. The van der Waals surface area contributed by atoms with E-state index in [-0.39, 0.29) is 35.2 Å². The van der Waals surface area contributed by atoms with Gasteiger partial charge in [-0.15, -0.1) is 12.4 Å². The van der Waals surface area contributed by atoms with E-state index >= 15 is 0 Å². The molecule has 124 valence electrons. The first kappa shape index (κ1) is 18.9. The van der Waals surface area contributed by atoms with Gasteiger partial charge in [-0.3, -0.25) is 4.79 Å². The van der Waals surface area contributed by atoms with Crippen LogP contribution in [0.2, 0.25) is 0 Å². The minimum atomic E-state index is -3.80. The van der Waals surface area contributed by atoms with E-state index in [9.17, 15) is 13.2 Å². The molecule has 1 saturated carbocycles. The van der Waals surface area contributed by atoms with E-state index in [4.69, 9.17) is 10.9 Å². The van der Waals surface area contributed by atoms with Gasteiger partial charge in [0.25, 0.3) is 0 Å². The van der Waals surface area contributed by atoms with Crippen molar-refractivity contribution in [2.24, 2.45) is 16.8 Å². The fraction of sp³-hybridized carbons (Fsp3) is 0.500. The minimum Gasteiger partial charge on any atom is -0.328 e. The van der Waals surface area contributed by atoms with Gasteiger partial charge in [0.1, 0.15) is 0 Å². The minimum absolute atomic E-state index is 0. The van der Waals surface area contributed by atoms with E-state index < -0.39 is 10.0 Å². The number of rotatable bonds is 4. The Hall–Kier alpha value is -1.15. The maximum Gasteiger partial charge on any atom is 0.238 e. The van der Waals surface area contributed by atoms with E-state index in [1.807, 2.05) is 6.92 Å². The van der Waals surface area contributed by atoms with Crippen molar-refractivity contribution in [3.8, 4) is 0 Å². The van der Waals surface area contributed by atoms with Crippen molar-refractivity contribution in [3.05, 3.63) is 23.8 Å². The van der Waals surface area contributed by atoms with Gasteiger partial charge in [-0.05, 0) is 43.4 Å². The monoisotopic (exact) mass is 347 g/mol. The Morgan fingerprint density at radius 2 is 2.05 bits per heavy atom. The lowest BCUT2D eigenvalue weighted by Gasteiger charge is -2.13. The highest BCUT2D eigenvalue weighted by molar-refractivity contribution is 7.89. The largest absolute Gasteiger partial charge is 0.328 e. The summed E-state index contributed by atoms with van der Waals surface area (Å²) in [7, 11) is -3.80. The van der Waals surface area contributed by atoms with Crippen LogP contribution >= 0.6 is 12.4 Å². The van der Waals surface area contributed by atoms with Crippen molar-refractivity contribution < 1.29 is 13.2 Å². The zero-order valence-corrected chi connectivity index (χ0v) is 14.0. The number of halogens is 1. The lowest BCUT2D eigenvalue weighted by atomic mass is 10.1. The van der Waals surface area contributed by atoms with Gasteiger partial charge in [0.2, 0.25) is 15.9 Å². The Morgan fingerprint density at radius 3 is 2.55 bits per heavy atom. The highest BCUT2D eigenvalue weighted by Gasteiger charge is 2.28. The van der Waals surface area contributed by atoms with Crippen LogP contribution in [0.4, 0.5) is 5.69 Å². The number of benzene rings is 1. The summed E-state index contributed by atoms with van der Waals surface area (Å²) >= 11 is 0. The number of primary sulfonamides is 1. The molecule has 0 radical (unpaired) electrons. The quantitative estimate of drug-likeness (QED) is 0.763. The molecule has 8 heteroatoms. The molecule has 0 saturated heterocycles. The molecule has 2 rings (SSSR count). The number of carbonyl (C=O) groups is 1. The number of anilines is 1. The molecule has 0 spiro atoms. The van der Waals surface area contributed by atoms with Crippen LogP contribution in [0.1, 0.15) is 31.7 Å². The number of hydrogen-bond donors (Lipinski definition) is 3. The first-order valence-corrected chi connectivity index (χ1v) is 8.58. The number of sulfonamides is 1. The smallest absolute Gasteiger partial charge is 0.238 e. The van der Waals surface area contributed by atoms with Crippen molar-refractivity contribution in [3.63, 3.8) is 0 Å². The molecule has 6 nitrogen and oxygen atoms in total. The normalized spacial score (nSPS) is 21.2. The number of nitrogens with two attached hydrogens (primary N) is 2. The molecule has 0 aliphatic heterocycles. The van der Waals surface area contributed by atoms with E-state index in [1.54, 1.807) is 12.1 Å². The maximum absolute atomic E-state index is 12.1. The molecule has 1 aromatic carbocycles. The molecule has 1 amide bonds. The van der Waals surface area contributed by atoms with Crippen LogP contribution in [0.25, 0.3) is 0 Å². The second-order valence-corrected chi connectivity index (χ2v) is 7.01. The van der Waals surface area contributed by atoms with E-state index in [2.05, 4.69) is 5.32 Å². The maximum atomic E-state index is 12.1. The van der Waals surface area contributed by atoms with Gasteiger partial charge in [0, 0.05) is 17.6 Å². The third kappa shape index (κ3) is 4.42. The first-order valence-electron chi connectivity index (χ1n) is 7.03. The molecule has 0 aromatic heterocycles. The number of carbonyl (C=O) groups excluding carboxylic acids is 1. The summed E-state index contributed by atoms with van der Waals surface area (Å²) in [6, 6.07) is 4.86. The van der Waals surface area contributed by atoms with Crippen LogP contribution in [0.5, 0.6) is 0 Å². The third-order valence-corrected chi connectivity index (χ3v) is 4.86. The van der Waals surface area contributed by atoms with Crippen molar-refractivity contribution in [2.75, 3.05) is 5.32 Å². The van der Waals surface area contributed by atoms with Gasteiger partial charge < -0.3 is 11.1 Å². The van der Waals surface area contributed by atoms with E-state index in [0.717, 1.165) is 12.8 Å². The SMILES string of the molecule is CCc1ccc(NC(=O)C2CCC(N)C2)cc1S(N)(=O)=O.Cl. The molecule has 0 heterocycles. The Kier molecular flexibility index (Phi) is 6.37. The summed E-state index contributed by atoms with van der Waals surface area (Å²) in [5.41, 5.74) is 6.88. The number of amides is 1. The summed E-state index contributed by atoms with van der Waals surface area (Å²) in [6.45, 7) is 1.85. The molecular weight excluding hydrogens is 326 g/mol. The Bertz CT molecular complexity index is 649. The van der Waals surface area contributed by atoms with Gasteiger partial charge >= 0.3 is 0 Å². The zero-order valence-electron chi connectivity index (χ0n) is 12.4. The topological polar surface area (TPSA) is 115 Å². The second kappa shape index (κ2) is 7.41. The van der Waals surface area contributed by atoms with E-state index in [1.165, 1.54) is 6.07 Å². The average molecular weight is 348 g/mol. The Labute approximate surface area is 137 Å². The number of nitrogens with one attached hydrogen (secondary N) is 1. The third-order valence-electron chi connectivity index (χ3n) is 3.87. The lowest BCUT2D eigenvalue weighted by Crippen LogP contribution is -2.23. The molecule has 1 aromatic rings. The highest BCUT2D eigenvalue weighted by atomic mass is 35.5. The van der Waals surface area contributed by atoms with Gasteiger partial charge in [-0.1, -0.05) is 13.0 Å². The van der Waals surface area contributed by atoms with Crippen LogP contribution in [-0.2, 0) is 21.2 Å². The summed E-state index contributed by atoms with van der Waals surface area (Å²) in [5.74, 6) is -0.226. The zero-order chi connectivity index (χ0) is 15.6. The molecule has 2 atom stereocenters. The molecule has 2 unspecified atom stereocenters. The van der Waals surface area contributed by atoms with Crippen LogP contribution in [0, 0.1) is 5.92 Å². The first-order chi connectivity index (χ1) is 9.81. The van der Waals surface area contributed by atoms with E-state index in [0.29, 0.717) is 24.1 Å². The highest BCUT2D eigenvalue weighted by Crippen LogP contribution is 2.26. The van der Waals surface area contributed by atoms with Crippen LogP contribution < -0.4 is 16.2 Å². The lowest BCUT2D eigenvalue weighted by molar-refractivity contribution is -0.119. The molecule has 1 aliphatic carbocycles.